The van der Waals surface area contributed by atoms with E-state index >= 15 is 0 Å². The van der Waals surface area contributed by atoms with Crippen molar-refractivity contribution < 1.29 is 14.4 Å². The summed E-state index contributed by atoms with van der Waals surface area (Å²) in [6.45, 7) is 3.33. The fourth-order valence-corrected chi connectivity index (χ4v) is 3.74. The first kappa shape index (κ1) is 22.2. The first-order chi connectivity index (χ1) is 14.5. The molecule has 0 aliphatic carbocycles. The molecule has 156 valence electrons. The zero-order chi connectivity index (χ0) is 21.5. The Morgan fingerprint density at radius 3 is 2.53 bits per heavy atom. The van der Waals surface area contributed by atoms with Gasteiger partial charge in [-0.1, -0.05) is 29.8 Å². The number of halogens is 2. The molecule has 0 aliphatic heterocycles. The second-order valence-electron chi connectivity index (χ2n) is 6.41. The Hall–Kier alpha value is -2.52. The number of benzene rings is 3. The highest BCUT2D eigenvalue weighted by molar-refractivity contribution is 14.1. The Morgan fingerprint density at radius 1 is 1.07 bits per heavy atom. The van der Waals surface area contributed by atoms with E-state index in [0.717, 1.165) is 14.7 Å². The lowest BCUT2D eigenvalue weighted by Crippen LogP contribution is -2.05. The predicted octanol–water partition coefficient (Wildman–Crippen LogP) is 6.44. The number of hydrogen-bond donors (Lipinski definition) is 1. The van der Waals surface area contributed by atoms with Crippen molar-refractivity contribution in [3.05, 3.63) is 90.5 Å². The first-order valence-electron chi connectivity index (χ1n) is 9.27. The van der Waals surface area contributed by atoms with Crippen LogP contribution >= 0.6 is 34.2 Å². The highest BCUT2D eigenvalue weighted by Gasteiger charge is 2.13. The normalized spacial score (nSPS) is 10.5. The highest BCUT2D eigenvalue weighted by Crippen LogP contribution is 2.35. The lowest BCUT2D eigenvalue weighted by atomic mass is 10.2. The molecule has 3 rings (SSSR count). The average Bonchev–Trinajstić information content (AvgIpc) is 2.73. The first-order valence-corrected chi connectivity index (χ1v) is 10.7. The van der Waals surface area contributed by atoms with E-state index in [1.54, 1.807) is 12.1 Å². The third kappa shape index (κ3) is 5.99. The molecule has 0 atom stereocenters. The Bertz CT molecular complexity index is 1030. The van der Waals surface area contributed by atoms with Gasteiger partial charge in [-0.25, -0.2) is 0 Å². The Morgan fingerprint density at radius 2 is 1.83 bits per heavy atom. The minimum absolute atomic E-state index is 0.0514. The number of ether oxygens (including phenoxy) is 2. The number of rotatable bonds is 9. The van der Waals surface area contributed by atoms with Crippen molar-refractivity contribution in [1.82, 2.24) is 0 Å². The van der Waals surface area contributed by atoms with E-state index in [-0.39, 0.29) is 5.69 Å². The van der Waals surface area contributed by atoms with E-state index in [9.17, 15) is 10.1 Å². The molecule has 3 aromatic rings. The molecule has 0 fully saturated rings. The van der Waals surface area contributed by atoms with Crippen LogP contribution in [-0.4, -0.2) is 11.5 Å². The van der Waals surface area contributed by atoms with Crippen LogP contribution in [0.3, 0.4) is 0 Å². The third-order valence-corrected chi connectivity index (χ3v) is 5.27. The van der Waals surface area contributed by atoms with Gasteiger partial charge in [-0.2, -0.15) is 0 Å². The zero-order valence-corrected chi connectivity index (χ0v) is 19.1. The van der Waals surface area contributed by atoms with Crippen molar-refractivity contribution in [1.29, 1.82) is 0 Å². The van der Waals surface area contributed by atoms with Gasteiger partial charge in [0.15, 0.2) is 11.5 Å². The number of non-ortho nitro benzene ring substituents is 1. The molecular formula is C22H20ClIN2O4. The summed E-state index contributed by atoms with van der Waals surface area (Å²) in [7, 11) is 0. The van der Waals surface area contributed by atoms with Gasteiger partial charge >= 0.3 is 0 Å². The Kier molecular flexibility index (Phi) is 7.75. The smallest absolute Gasteiger partial charge is 0.271 e. The van der Waals surface area contributed by atoms with Crippen LogP contribution in [0.1, 0.15) is 18.1 Å². The average molecular weight is 539 g/mol. The fourth-order valence-electron chi connectivity index (χ4n) is 2.80. The molecule has 0 radical (unpaired) electrons. The second-order valence-corrected chi connectivity index (χ2v) is 8.01. The molecule has 0 aromatic heterocycles. The van der Waals surface area contributed by atoms with Crippen molar-refractivity contribution >= 4 is 45.6 Å². The molecule has 0 heterocycles. The van der Waals surface area contributed by atoms with E-state index in [2.05, 4.69) is 27.9 Å². The summed E-state index contributed by atoms with van der Waals surface area (Å²) < 4.78 is 12.8. The summed E-state index contributed by atoms with van der Waals surface area (Å²) in [6.07, 6.45) is 0. The van der Waals surface area contributed by atoms with E-state index in [0.29, 0.717) is 42.0 Å². The topological polar surface area (TPSA) is 73.6 Å². The maximum atomic E-state index is 10.9. The highest BCUT2D eigenvalue weighted by atomic mass is 127. The summed E-state index contributed by atoms with van der Waals surface area (Å²) in [5, 5.41) is 14.8. The van der Waals surface area contributed by atoms with Gasteiger partial charge in [0.05, 0.1) is 15.1 Å². The van der Waals surface area contributed by atoms with E-state index in [1.807, 2.05) is 43.3 Å². The van der Waals surface area contributed by atoms with Crippen LogP contribution in [0.2, 0.25) is 5.02 Å². The molecule has 30 heavy (non-hydrogen) atoms. The molecule has 1 N–H and O–H groups in total. The van der Waals surface area contributed by atoms with Crippen molar-refractivity contribution in [2.75, 3.05) is 11.9 Å². The van der Waals surface area contributed by atoms with Crippen LogP contribution in [-0.2, 0) is 13.2 Å². The molecule has 0 saturated carbocycles. The van der Waals surface area contributed by atoms with Gasteiger partial charge in [0, 0.05) is 29.4 Å². The number of nitrogens with one attached hydrogen (secondary N) is 1. The van der Waals surface area contributed by atoms with Gasteiger partial charge in [0.1, 0.15) is 6.61 Å². The fraction of sp³-hybridized carbons (Fsp3) is 0.182. The summed E-state index contributed by atoms with van der Waals surface area (Å²) in [5.41, 5.74) is 2.72. The molecule has 6 nitrogen and oxygen atoms in total. The molecule has 8 heteroatoms. The SMILES string of the molecule is CCOc1cc(CNc2cccc([N+](=O)[O-])c2)cc(I)c1OCc1ccc(Cl)cc1. The van der Waals surface area contributed by atoms with E-state index in [1.165, 1.54) is 12.1 Å². The molecule has 0 bridgehead atoms. The molecule has 0 saturated heterocycles. The lowest BCUT2D eigenvalue weighted by molar-refractivity contribution is -0.384. The molecule has 3 aromatic carbocycles. The van der Waals surface area contributed by atoms with Crippen molar-refractivity contribution in [2.45, 2.75) is 20.1 Å². The standard InChI is InChI=1S/C22H20ClIN2O4/c1-2-29-21-11-16(13-25-18-4-3-5-19(12-18)26(27)28)10-20(24)22(21)30-14-15-6-8-17(23)9-7-15/h3-12,25H,2,13-14H2,1H3. The van der Waals surface area contributed by atoms with Gasteiger partial charge < -0.3 is 14.8 Å². The molecule has 0 aliphatic rings. The number of hydrogen-bond acceptors (Lipinski definition) is 5. The molecule has 0 amide bonds. The third-order valence-electron chi connectivity index (χ3n) is 4.22. The van der Waals surface area contributed by atoms with Crippen molar-refractivity contribution in [3.63, 3.8) is 0 Å². The number of nitro benzene ring substituents is 1. The van der Waals surface area contributed by atoms with Crippen LogP contribution in [0, 0.1) is 13.7 Å². The van der Waals surface area contributed by atoms with E-state index in [4.69, 9.17) is 21.1 Å². The van der Waals surface area contributed by atoms with Crippen molar-refractivity contribution in [3.8, 4) is 11.5 Å². The predicted molar refractivity (Wildman–Crippen MR) is 127 cm³/mol. The van der Waals surface area contributed by atoms with Gasteiger partial charge in [-0.05, 0) is 71.0 Å². The van der Waals surface area contributed by atoms with Gasteiger partial charge in [0.25, 0.3) is 5.69 Å². The summed E-state index contributed by atoms with van der Waals surface area (Å²) in [5.74, 6) is 1.35. The van der Waals surface area contributed by atoms with Crippen LogP contribution in [0.15, 0.2) is 60.7 Å². The maximum absolute atomic E-state index is 10.9. The molecular weight excluding hydrogens is 519 g/mol. The largest absolute Gasteiger partial charge is 0.490 e. The number of nitrogens with zero attached hydrogens (tertiary/aromatic N) is 1. The van der Waals surface area contributed by atoms with Gasteiger partial charge in [-0.15, -0.1) is 0 Å². The second kappa shape index (κ2) is 10.5. The lowest BCUT2D eigenvalue weighted by Gasteiger charge is -2.16. The minimum atomic E-state index is -0.409. The zero-order valence-electron chi connectivity index (χ0n) is 16.2. The quantitative estimate of drug-likeness (QED) is 0.193. The summed E-state index contributed by atoms with van der Waals surface area (Å²) in [4.78, 5) is 10.5. The van der Waals surface area contributed by atoms with Crippen LogP contribution in [0.25, 0.3) is 0 Å². The van der Waals surface area contributed by atoms with E-state index < -0.39 is 4.92 Å². The Labute approximate surface area is 193 Å². The molecule has 0 spiro atoms. The van der Waals surface area contributed by atoms with Crippen LogP contribution < -0.4 is 14.8 Å². The van der Waals surface area contributed by atoms with Crippen LogP contribution in [0.5, 0.6) is 11.5 Å². The van der Waals surface area contributed by atoms with Gasteiger partial charge in [-0.3, -0.25) is 10.1 Å². The maximum Gasteiger partial charge on any atom is 0.271 e. The minimum Gasteiger partial charge on any atom is -0.490 e. The monoisotopic (exact) mass is 538 g/mol. The number of anilines is 1. The molecule has 0 unspecified atom stereocenters. The van der Waals surface area contributed by atoms with Crippen molar-refractivity contribution in [2.24, 2.45) is 0 Å². The summed E-state index contributed by atoms with van der Waals surface area (Å²) in [6, 6.07) is 17.9. The summed E-state index contributed by atoms with van der Waals surface area (Å²) >= 11 is 8.16. The number of nitro groups is 1. The van der Waals surface area contributed by atoms with Crippen LogP contribution in [0.4, 0.5) is 11.4 Å². The van der Waals surface area contributed by atoms with Gasteiger partial charge in [0.2, 0.25) is 0 Å². The Balaban J connectivity index is 1.74.